The van der Waals surface area contributed by atoms with Crippen LogP contribution in [0.15, 0.2) is 66.7 Å². The quantitative estimate of drug-likeness (QED) is 0.240. The summed E-state index contributed by atoms with van der Waals surface area (Å²) in [5.74, 6) is 0.0998. The lowest BCUT2D eigenvalue weighted by molar-refractivity contribution is 0.0692. The predicted octanol–water partition coefficient (Wildman–Crippen LogP) is 6.01. The minimum atomic E-state index is -1.00. The van der Waals surface area contributed by atoms with Crippen LogP contribution in [0, 0.1) is 0 Å². The van der Waals surface area contributed by atoms with Crippen LogP contribution in [0.5, 0.6) is 11.5 Å². The highest BCUT2D eigenvalue weighted by Crippen LogP contribution is 2.29. The van der Waals surface area contributed by atoms with Gasteiger partial charge < -0.3 is 25.0 Å². The molecule has 0 unspecified atom stereocenters. The number of benzene rings is 3. The maximum Gasteiger partial charge on any atom is 0.339 e. The molecule has 188 valence electrons. The summed E-state index contributed by atoms with van der Waals surface area (Å²) < 4.78 is 11.5. The normalized spacial score (nSPS) is 11.4. The maximum absolute atomic E-state index is 11.5. The smallest absolute Gasteiger partial charge is 0.339 e. The number of hydrogen-bond donors (Lipinski definition) is 3. The minimum Gasteiger partial charge on any atom is -0.493 e. The van der Waals surface area contributed by atoms with E-state index < -0.39 is 12.1 Å². The van der Waals surface area contributed by atoms with Gasteiger partial charge >= 0.3 is 5.97 Å². The topological polar surface area (TPSA) is 88.0 Å². The van der Waals surface area contributed by atoms with Crippen LogP contribution in [0.2, 0.25) is 5.02 Å². The van der Waals surface area contributed by atoms with E-state index in [0.717, 1.165) is 35.3 Å². The van der Waals surface area contributed by atoms with E-state index in [1.807, 2.05) is 36.4 Å². The molecule has 6 nitrogen and oxygen atoms in total. The van der Waals surface area contributed by atoms with Gasteiger partial charge in [-0.2, -0.15) is 0 Å². The number of nitrogens with one attached hydrogen (secondary N) is 1. The van der Waals surface area contributed by atoms with Crippen LogP contribution >= 0.6 is 24.0 Å². The molecule has 35 heavy (non-hydrogen) atoms. The van der Waals surface area contributed by atoms with Crippen LogP contribution in [0.4, 0.5) is 0 Å². The lowest BCUT2D eigenvalue weighted by Gasteiger charge is -2.13. The van der Waals surface area contributed by atoms with Crippen LogP contribution in [0.25, 0.3) is 11.1 Å². The Labute approximate surface area is 217 Å². The fraction of sp³-hybridized carbons (Fsp3) is 0.296. The Morgan fingerprint density at radius 1 is 1.00 bits per heavy atom. The lowest BCUT2D eigenvalue weighted by atomic mass is 10.0. The third-order valence-corrected chi connectivity index (χ3v) is 5.51. The second-order valence-electron chi connectivity index (χ2n) is 7.87. The summed E-state index contributed by atoms with van der Waals surface area (Å²) in [6.07, 6.45) is 1.20. The van der Waals surface area contributed by atoms with E-state index >= 15 is 0 Å². The second kappa shape index (κ2) is 14.6. The van der Waals surface area contributed by atoms with E-state index in [1.165, 1.54) is 0 Å². The summed E-state index contributed by atoms with van der Waals surface area (Å²) in [6, 6.07) is 19.9. The molecule has 0 aromatic heterocycles. The van der Waals surface area contributed by atoms with Gasteiger partial charge in [0, 0.05) is 18.1 Å². The van der Waals surface area contributed by atoms with Crippen molar-refractivity contribution < 1.29 is 24.5 Å². The molecule has 1 atom stereocenters. The van der Waals surface area contributed by atoms with E-state index in [0.29, 0.717) is 37.1 Å². The SMILES string of the molecule is CCCCOc1cc(-c2ccc(OCCNC[C@@H](O)c3cccc(Cl)c3)cc2)ccc1C(=O)O.Cl. The predicted molar refractivity (Wildman–Crippen MR) is 141 cm³/mol. The Bertz CT molecular complexity index is 1080. The Morgan fingerprint density at radius 2 is 1.74 bits per heavy atom. The fourth-order valence-corrected chi connectivity index (χ4v) is 3.58. The van der Waals surface area contributed by atoms with E-state index in [4.69, 9.17) is 21.1 Å². The summed E-state index contributed by atoms with van der Waals surface area (Å²) >= 11 is 5.96. The second-order valence-corrected chi connectivity index (χ2v) is 8.30. The number of rotatable bonds is 13. The van der Waals surface area contributed by atoms with Gasteiger partial charge in [-0.3, -0.25) is 0 Å². The molecule has 0 saturated heterocycles. The number of unbranched alkanes of at least 4 members (excludes halogenated alkanes) is 1. The van der Waals surface area contributed by atoms with Crippen LogP contribution in [0.3, 0.4) is 0 Å². The van der Waals surface area contributed by atoms with Crippen molar-refractivity contribution in [3.8, 4) is 22.6 Å². The molecule has 0 fully saturated rings. The minimum absolute atomic E-state index is 0. The third kappa shape index (κ3) is 8.75. The zero-order valence-corrected chi connectivity index (χ0v) is 21.1. The Morgan fingerprint density at radius 3 is 2.43 bits per heavy atom. The molecule has 0 aliphatic rings. The van der Waals surface area contributed by atoms with Gasteiger partial charge in [0.05, 0.1) is 12.7 Å². The number of carboxylic acids is 1. The van der Waals surface area contributed by atoms with Gasteiger partial charge in [0.2, 0.25) is 0 Å². The van der Waals surface area contributed by atoms with Gasteiger partial charge in [0.15, 0.2) is 0 Å². The summed E-state index contributed by atoms with van der Waals surface area (Å²) in [5.41, 5.74) is 2.74. The zero-order valence-electron chi connectivity index (χ0n) is 19.6. The average Bonchev–Trinajstić information content (AvgIpc) is 2.84. The molecule has 3 aromatic rings. The largest absolute Gasteiger partial charge is 0.493 e. The monoisotopic (exact) mass is 519 g/mol. The van der Waals surface area contributed by atoms with Crippen molar-refractivity contribution in [3.63, 3.8) is 0 Å². The molecule has 0 aliphatic carbocycles. The molecule has 3 N–H and O–H groups in total. The molecule has 0 saturated carbocycles. The summed E-state index contributed by atoms with van der Waals surface area (Å²) in [4.78, 5) is 11.5. The lowest BCUT2D eigenvalue weighted by Crippen LogP contribution is -2.26. The van der Waals surface area contributed by atoms with Crippen LogP contribution in [-0.4, -0.2) is 42.5 Å². The number of ether oxygens (including phenoxy) is 2. The number of hydrogen-bond acceptors (Lipinski definition) is 5. The van der Waals surface area contributed by atoms with Crippen LogP contribution < -0.4 is 14.8 Å². The Balaban J connectivity index is 0.00000432. The van der Waals surface area contributed by atoms with Crippen molar-refractivity contribution in [2.24, 2.45) is 0 Å². The molecule has 0 spiro atoms. The highest BCUT2D eigenvalue weighted by Gasteiger charge is 2.13. The number of carbonyl (C=O) groups is 1. The number of aliphatic hydroxyl groups excluding tert-OH is 1. The van der Waals surface area contributed by atoms with Crippen LogP contribution in [-0.2, 0) is 0 Å². The Kier molecular flexibility index (Phi) is 11.9. The first-order valence-electron chi connectivity index (χ1n) is 11.4. The first-order valence-corrected chi connectivity index (χ1v) is 11.7. The molecule has 0 bridgehead atoms. The Hall–Kier alpha value is -2.77. The molecule has 3 rings (SSSR count). The molecule has 0 amide bonds. The third-order valence-electron chi connectivity index (χ3n) is 5.27. The fourth-order valence-electron chi connectivity index (χ4n) is 3.38. The van der Waals surface area contributed by atoms with Gasteiger partial charge in [0.1, 0.15) is 23.7 Å². The van der Waals surface area contributed by atoms with Crippen molar-refractivity contribution in [2.75, 3.05) is 26.3 Å². The summed E-state index contributed by atoms with van der Waals surface area (Å²) in [6.45, 7) is 3.97. The molecule has 3 aromatic carbocycles. The van der Waals surface area contributed by atoms with Crippen molar-refractivity contribution in [3.05, 3.63) is 82.9 Å². The molecular formula is C27H31Cl2NO5. The standard InChI is InChI=1S/C27H30ClNO5.ClH/c1-2-3-14-34-26-17-20(9-12-24(26)27(31)32)19-7-10-23(11-8-19)33-15-13-29-18-25(30)21-5-4-6-22(28)16-21;/h4-12,16-17,25,29-30H,2-3,13-15,18H2,1H3,(H,31,32);1H/t25-;/m1./s1. The van der Waals surface area contributed by atoms with Gasteiger partial charge in [-0.05, 0) is 59.5 Å². The highest BCUT2D eigenvalue weighted by atomic mass is 35.5. The molecule has 0 aliphatic heterocycles. The van der Waals surface area contributed by atoms with E-state index in [-0.39, 0.29) is 18.0 Å². The first-order chi connectivity index (χ1) is 16.5. The van der Waals surface area contributed by atoms with Gasteiger partial charge in [-0.15, -0.1) is 12.4 Å². The molecular weight excluding hydrogens is 489 g/mol. The van der Waals surface area contributed by atoms with Crippen molar-refractivity contribution in [2.45, 2.75) is 25.9 Å². The van der Waals surface area contributed by atoms with Crippen molar-refractivity contribution >= 4 is 30.0 Å². The average molecular weight is 520 g/mol. The first kappa shape index (κ1) is 28.5. The van der Waals surface area contributed by atoms with Crippen LogP contribution in [0.1, 0.15) is 41.8 Å². The molecule has 0 radical (unpaired) electrons. The summed E-state index contributed by atoms with van der Waals surface area (Å²) in [7, 11) is 0. The van der Waals surface area contributed by atoms with Crippen molar-refractivity contribution in [1.29, 1.82) is 0 Å². The van der Waals surface area contributed by atoms with Crippen molar-refractivity contribution in [1.82, 2.24) is 5.32 Å². The zero-order chi connectivity index (χ0) is 24.3. The number of halogens is 2. The number of aliphatic hydroxyl groups is 1. The number of aromatic carboxylic acids is 1. The van der Waals surface area contributed by atoms with E-state index in [2.05, 4.69) is 12.2 Å². The van der Waals surface area contributed by atoms with Gasteiger partial charge in [-0.1, -0.05) is 55.3 Å². The molecule has 8 heteroatoms. The highest BCUT2D eigenvalue weighted by molar-refractivity contribution is 6.30. The van der Waals surface area contributed by atoms with E-state index in [9.17, 15) is 15.0 Å². The van der Waals surface area contributed by atoms with Gasteiger partial charge in [-0.25, -0.2) is 4.79 Å². The van der Waals surface area contributed by atoms with Gasteiger partial charge in [0.25, 0.3) is 0 Å². The van der Waals surface area contributed by atoms with E-state index in [1.54, 1.807) is 30.3 Å². The molecule has 0 heterocycles. The summed E-state index contributed by atoms with van der Waals surface area (Å²) in [5, 5.41) is 23.4. The maximum atomic E-state index is 11.5. The number of carboxylic acid groups (broad SMARTS) is 1.